The van der Waals surface area contributed by atoms with E-state index in [1.807, 2.05) is 13.0 Å². The van der Waals surface area contributed by atoms with Crippen LogP contribution in [0.5, 0.6) is 0 Å². The second-order valence-electron chi connectivity index (χ2n) is 7.40. The zero-order valence-corrected chi connectivity index (χ0v) is 17.1. The molecule has 3 N–H and O–H groups in total. The third-order valence-electron chi connectivity index (χ3n) is 5.03. The summed E-state index contributed by atoms with van der Waals surface area (Å²) in [5.74, 6) is 0.0269. The molecule has 0 radical (unpaired) electrons. The lowest BCUT2D eigenvalue weighted by Gasteiger charge is -2.12. The topological polar surface area (TPSA) is 80.9 Å². The van der Waals surface area contributed by atoms with Crippen molar-refractivity contribution in [3.05, 3.63) is 48.2 Å². The monoisotopic (exact) mass is 394 g/mol. The summed E-state index contributed by atoms with van der Waals surface area (Å²) in [5.41, 5.74) is 8.02. The van der Waals surface area contributed by atoms with Gasteiger partial charge in [-0.3, -0.25) is 9.78 Å². The Labute approximate surface area is 170 Å². The Balaban J connectivity index is 0.000000552. The lowest BCUT2D eigenvalue weighted by molar-refractivity contribution is -0.117. The van der Waals surface area contributed by atoms with Crippen LogP contribution in [-0.2, 0) is 4.79 Å². The van der Waals surface area contributed by atoms with Crippen molar-refractivity contribution in [2.45, 2.75) is 46.5 Å². The summed E-state index contributed by atoms with van der Waals surface area (Å²) in [4.78, 5) is 20.2. The fourth-order valence-corrected chi connectivity index (χ4v) is 2.88. The number of carbonyl (C=O) groups excluding carboxylic acids is 1. The van der Waals surface area contributed by atoms with Crippen LogP contribution in [0.3, 0.4) is 0 Å². The fourth-order valence-electron chi connectivity index (χ4n) is 2.88. The van der Waals surface area contributed by atoms with E-state index in [4.69, 9.17) is 5.73 Å². The Hall–Kier alpha value is -3.02. The van der Waals surface area contributed by atoms with Gasteiger partial charge in [-0.05, 0) is 48.9 Å². The largest absolute Gasteiger partial charge is 0.396 e. The molecule has 5 nitrogen and oxygen atoms in total. The number of carbonyl (C=O) groups is 1. The second-order valence-corrected chi connectivity index (χ2v) is 7.40. The van der Waals surface area contributed by atoms with E-state index in [1.165, 1.54) is 19.0 Å². The summed E-state index contributed by atoms with van der Waals surface area (Å²) < 4.78 is 14.8. The molecule has 152 valence electrons. The average molecular weight is 394 g/mol. The van der Waals surface area contributed by atoms with Gasteiger partial charge in [-0.2, -0.15) is 0 Å². The van der Waals surface area contributed by atoms with Crippen LogP contribution < -0.4 is 11.1 Å². The minimum absolute atomic E-state index is 0.0229. The number of anilines is 2. The number of halogens is 1. The van der Waals surface area contributed by atoms with E-state index in [2.05, 4.69) is 29.1 Å². The van der Waals surface area contributed by atoms with Crippen LogP contribution in [0.4, 0.5) is 15.9 Å². The van der Waals surface area contributed by atoms with Crippen molar-refractivity contribution in [1.82, 2.24) is 9.97 Å². The molecule has 0 bridgehead atoms. The van der Waals surface area contributed by atoms with E-state index in [9.17, 15) is 9.18 Å². The van der Waals surface area contributed by atoms with Crippen molar-refractivity contribution in [3.63, 3.8) is 0 Å². The number of hydrogen-bond acceptors (Lipinski definition) is 4. The minimum atomic E-state index is -0.486. The first-order valence-corrected chi connectivity index (χ1v) is 10.1. The fraction of sp³-hybridized carbons (Fsp3) is 0.348. The van der Waals surface area contributed by atoms with Gasteiger partial charge in [0.25, 0.3) is 0 Å². The standard InChI is InChI=1S/C19H17FN4O.C4H10/c1-10-4-5-22-8-14(10)13-6-12-7-16(24-19(25)11-2-3-11)23-9-15(12)18(21)17(13)20;1-3-4-2/h4-9,11H,2-3,21H2,1H3,(H,23,24,25);3-4H2,1-2H3. The summed E-state index contributed by atoms with van der Waals surface area (Å²) >= 11 is 0. The highest BCUT2D eigenvalue weighted by atomic mass is 19.1. The molecule has 6 heteroatoms. The molecule has 2 heterocycles. The van der Waals surface area contributed by atoms with E-state index in [1.54, 1.807) is 24.5 Å². The van der Waals surface area contributed by atoms with E-state index in [-0.39, 0.29) is 17.5 Å². The number of pyridine rings is 2. The molecule has 1 aliphatic rings. The zero-order chi connectivity index (χ0) is 21.0. The number of amides is 1. The van der Waals surface area contributed by atoms with Gasteiger partial charge in [-0.25, -0.2) is 9.37 Å². The van der Waals surface area contributed by atoms with Gasteiger partial charge in [0.15, 0.2) is 5.82 Å². The van der Waals surface area contributed by atoms with Gasteiger partial charge in [0.05, 0.1) is 5.69 Å². The molecule has 1 saturated carbocycles. The van der Waals surface area contributed by atoms with Gasteiger partial charge in [0.1, 0.15) is 5.82 Å². The Morgan fingerprint density at radius 2 is 1.93 bits per heavy atom. The summed E-state index contributed by atoms with van der Waals surface area (Å²) in [6.45, 7) is 6.25. The number of nitrogens with one attached hydrogen (secondary N) is 1. The van der Waals surface area contributed by atoms with Gasteiger partial charge in [0.2, 0.25) is 5.91 Å². The van der Waals surface area contributed by atoms with Crippen LogP contribution >= 0.6 is 0 Å². The van der Waals surface area contributed by atoms with Gasteiger partial charge in [0, 0.05) is 41.0 Å². The number of benzene rings is 1. The van der Waals surface area contributed by atoms with Crippen molar-refractivity contribution in [1.29, 1.82) is 0 Å². The lowest BCUT2D eigenvalue weighted by Crippen LogP contribution is -2.14. The third kappa shape index (κ3) is 4.70. The first-order chi connectivity index (χ1) is 14.0. The SMILES string of the molecule is CCCC.Cc1ccncc1-c1cc2cc(NC(=O)C3CC3)ncc2c(N)c1F. The molecule has 29 heavy (non-hydrogen) atoms. The highest BCUT2D eigenvalue weighted by Gasteiger charge is 2.29. The lowest BCUT2D eigenvalue weighted by atomic mass is 9.98. The summed E-state index contributed by atoms with van der Waals surface area (Å²) in [6.07, 6.45) is 9.26. The van der Waals surface area contributed by atoms with Crippen LogP contribution in [0.2, 0.25) is 0 Å². The predicted molar refractivity (Wildman–Crippen MR) is 116 cm³/mol. The van der Waals surface area contributed by atoms with Crippen molar-refractivity contribution in [2.75, 3.05) is 11.1 Å². The zero-order valence-electron chi connectivity index (χ0n) is 17.1. The Kier molecular flexibility index (Phi) is 6.42. The Bertz CT molecular complexity index is 1030. The van der Waals surface area contributed by atoms with Crippen LogP contribution in [0.25, 0.3) is 21.9 Å². The molecule has 0 atom stereocenters. The maximum absolute atomic E-state index is 14.8. The molecule has 0 saturated heterocycles. The minimum Gasteiger partial charge on any atom is -0.396 e. The predicted octanol–water partition coefficient (Wildman–Crippen LogP) is 5.48. The molecule has 1 aliphatic carbocycles. The van der Waals surface area contributed by atoms with Gasteiger partial charge >= 0.3 is 0 Å². The van der Waals surface area contributed by atoms with Crippen molar-refractivity contribution < 1.29 is 9.18 Å². The van der Waals surface area contributed by atoms with E-state index in [0.29, 0.717) is 22.3 Å². The van der Waals surface area contributed by atoms with E-state index < -0.39 is 5.82 Å². The van der Waals surface area contributed by atoms with Crippen molar-refractivity contribution >= 4 is 28.2 Å². The summed E-state index contributed by atoms with van der Waals surface area (Å²) in [5, 5.41) is 4.04. The van der Waals surface area contributed by atoms with Crippen LogP contribution in [0.15, 0.2) is 36.8 Å². The first-order valence-electron chi connectivity index (χ1n) is 10.1. The molecular weight excluding hydrogens is 367 g/mol. The molecule has 2 aromatic heterocycles. The smallest absolute Gasteiger partial charge is 0.228 e. The molecule has 0 aliphatic heterocycles. The van der Waals surface area contributed by atoms with E-state index in [0.717, 1.165) is 23.8 Å². The van der Waals surface area contributed by atoms with Crippen LogP contribution in [-0.4, -0.2) is 15.9 Å². The number of unbranched alkanes of at least 4 members (excludes halogenated alkanes) is 1. The highest BCUT2D eigenvalue weighted by Crippen LogP contribution is 2.35. The normalized spacial score (nSPS) is 13.0. The van der Waals surface area contributed by atoms with Gasteiger partial charge in [-0.1, -0.05) is 26.7 Å². The van der Waals surface area contributed by atoms with Crippen LogP contribution in [0.1, 0.15) is 45.1 Å². The number of aromatic nitrogens is 2. The Morgan fingerprint density at radius 1 is 1.21 bits per heavy atom. The summed E-state index contributed by atoms with van der Waals surface area (Å²) in [7, 11) is 0. The molecule has 1 amide bonds. The molecular formula is C23H27FN4O. The highest BCUT2D eigenvalue weighted by molar-refractivity contribution is 6.00. The van der Waals surface area contributed by atoms with Crippen molar-refractivity contribution in [3.8, 4) is 11.1 Å². The van der Waals surface area contributed by atoms with E-state index >= 15 is 0 Å². The quantitative estimate of drug-likeness (QED) is 0.574. The maximum Gasteiger partial charge on any atom is 0.228 e. The maximum atomic E-state index is 14.8. The number of nitrogens with two attached hydrogens (primary N) is 1. The number of hydrogen-bond donors (Lipinski definition) is 2. The van der Waals surface area contributed by atoms with Crippen LogP contribution in [0, 0.1) is 18.7 Å². The van der Waals surface area contributed by atoms with Gasteiger partial charge in [-0.15, -0.1) is 0 Å². The molecule has 0 spiro atoms. The number of nitrogens with zero attached hydrogens (tertiary/aromatic N) is 2. The third-order valence-corrected chi connectivity index (χ3v) is 5.03. The number of fused-ring (bicyclic) bond motifs is 1. The number of rotatable bonds is 4. The first kappa shape index (κ1) is 20.7. The van der Waals surface area contributed by atoms with Gasteiger partial charge < -0.3 is 11.1 Å². The molecule has 1 aromatic carbocycles. The average Bonchev–Trinajstić information content (AvgIpc) is 3.57. The second kappa shape index (κ2) is 8.99. The number of nitrogen functional groups attached to an aromatic ring is 1. The number of aryl methyl sites for hydroxylation is 1. The molecule has 0 unspecified atom stereocenters. The summed E-state index contributed by atoms with van der Waals surface area (Å²) in [6, 6.07) is 5.27. The Morgan fingerprint density at radius 3 is 2.55 bits per heavy atom. The molecule has 1 fully saturated rings. The molecule has 3 aromatic rings. The van der Waals surface area contributed by atoms with Crippen molar-refractivity contribution in [2.24, 2.45) is 5.92 Å². The molecule has 4 rings (SSSR count).